The molecule has 0 unspecified atom stereocenters. The maximum Gasteiger partial charge on any atom is 0.159 e. The monoisotopic (exact) mass is 589 g/mol. The standard InChI is InChI=1S/C35H25N5.C3H8.C2H6/c1-35(2)29-11-5-3-9-25(29)27-21-32-28(20-30(27)35)26-10-4-6-12-31(26)40(32)24-18-22(33-36-13-7-14-37-33)17-23(19-24)34-38-15-8-16-39-34;1-3-2;1-2/h3-21H,1-2H3;3H2,1-2H3;1-2H3. The van der Waals surface area contributed by atoms with Crippen LogP contribution in [0.3, 0.4) is 0 Å². The summed E-state index contributed by atoms with van der Waals surface area (Å²) in [7, 11) is 0. The van der Waals surface area contributed by atoms with Gasteiger partial charge in [0, 0.05) is 57.8 Å². The summed E-state index contributed by atoms with van der Waals surface area (Å²) in [5.41, 5.74) is 10.5. The van der Waals surface area contributed by atoms with Crippen LogP contribution in [0.4, 0.5) is 0 Å². The van der Waals surface area contributed by atoms with E-state index in [0.717, 1.165) is 22.3 Å². The van der Waals surface area contributed by atoms with Crippen molar-refractivity contribution in [2.75, 3.05) is 0 Å². The van der Waals surface area contributed by atoms with Crippen molar-refractivity contribution >= 4 is 21.8 Å². The molecule has 1 aliphatic rings. The van der Waals surface area contributed by atoms with Crippen LogP contribution in [0.1, 0.15) is 59.1 Å². The number of benzene rings is 4. The summed E-state index contributed by atoms with van der Waals surface area (Å²) in [4.78, 5) is 18.2. The predicted molar refractivity (Wildman–Crippen MR) is 188 cm³/mol. The maximum atomic E-state index is 4.56. The van der Waals surface area contributed by atoms with Crippen molar-refractivity contribution < 1.29 is 0 Å². The molecule has 0 saturated heterocycles. The van der Waals surface area contributed by atoms with E-state index in [4.69, 9.17) is 0 Å². The van der Waals surface area contributed by atoms with Crippen LogP contribution in [-0.2, 0) is 5.41 Å². The molecule has 0 saturated carbocycles. The van der Waals surface area contributed by atoms with Crippen molar-refractivity contribution in [3.8, 4) is 39.6 Å². The molecule has 224 valence electrons. The highest BCUT2D eigenvalue weighted by molar-refractivity contribution is 6.11. The first-order valence-corrected chi connectivity index (χ1v) is 15.9. The Morgan fingerprint density at radius 1 is 0.556 bits per heavy atom. The van der Waals surface area contributed by atoms with Gasteiger partial charge < -0.3 is 4.57 Å². The van der Waals surface area contributed by atoms with Crippen LogP contribution in [-0.4, -0.2) is 24.5 Å². The van der Waals surface area contributed by atoms with E-state index in [1.807, 2.05) is 26.0 Å². The summed E-state index contributed by atoms with van der Waals surface area (Å²) in [5.74, 6) is 1.33. The third kappa shape index (κ3) is 5.18. The van der Waals surface area contributed by atoms with Crippen LogP contribution < -0.4 is 0 Å². The van der Waals surface area contributed by atoms with Gasteiger partial charge in [0.2, 0.25) is 0 Å². The first-order valence-electron chi connectivity index (χ1n) is 15.9. The molecule has 0 radical (unpaired) electrons. The SMILES string of the molecule is CC.CC1(C)c2ccccc2-c2cc3c(cc21)c1ccccc1n3-c1cc(-c2ncccn2)cc(-c2ncccn2)c1.CCC. The predicted octanol–water partition coefficient (Wildman–Crippen LogP) is 10.4. The lowest BCUT2D eigenvalue weighted by Gasteiger charge is -2.21. The average molecular weight is 590 g/mol. The van der Waals surface area contributed by atoms with Gasteiger partial charge in [-0.2, -0.15) is 0 Å². The summed E-state index contributed by atoms with van der Waals surface area (Å²) in [6.45, 7) is 12.9. The van der Waals surface area contributed by atoms with E-state index in [0.29, 0.717) is 11.6 Å². The minimum absolute atomic E-state index is 0.0638. The number of nitrogens with zero attached hydrogens (tertiary/aromatic N) is 5. The zero-order valence-corrected chi connectivity index (χ0v) is 26.9. The molecule has 0 amide bonds. The van der Waals surface area contributed by atoms with Gasteiger partial charge in [0.05, 0.1) is 11.0 Å². The fraction of sp³-hybridized carbons (Fsp3) is 0.200. The fourth-order valence-corrected chi connectivity index (χ4v) is 6.34. The Labute approximate surface area is 265 Å². The Bertz CT molecular complexity index is 2040. The maximum absolute atomic E-state index is 4.56. The van der Waals surface area contributed by atoms with E-state index in [9.17, 15) is 0 Å². The normalized spacial score (nSPS) is 12.5. The van der Waals surface area contributed by atoms with Gasteiger partial charge in [-0.05, 0) is 70.8 Å². The van der Waals surface area contributed by atoms with Crippen LogP contribution >= 0.6 is 0 Å². The highest BCUT2D eigenvalue weighted by Gasteiger charge is 2.36. The summed E-state index contributed by atoms with van der Waals surface area (Å²) in [6.07, 6.45) is 8.35. The first kappa shape index (κ1) is 29.9. The highest BCUT2D eigenvalue weighted by Crippen LogP contribution is 2.51. The Morgan fingerprint density at radius 2 is 1.11 bits per heavy atom. The number of aromatic nitrogens is 5. The zero-order chi connectivity index (χ0) is 31.6. The molecule has 0 spiro atoms. The Balaban J connectivity index is 0.000000676. The van der Waals surface area contributed by atoms with Gasteiger partial charge in [0.25, 0.3) is 0 Å². The van der Waals surface area contributed by atoms with Crippen LogP contribution in [0.2, 0.25) is 0 Å². The molecule has 4 aromatic carbocycles. The molecule has 0 bridgehead atoms. The molecule has 3 aromatic heterocycles. The molecule has 0 atom stereocenters. The second-order valence-electron chi connectivity index (χ2n) is 11.6. The third-order valence-electron chi connectivity index (χ3n) is 8.20. The Kier molecular flexibility index (Phi) is 8.27. The topological polar surface area (TPSA) is 56.5 Å². The van der Waals surface area contributed by atoms with Gasteiger partial charge >= 0.3 is 0 Å². The van der Waals surface area contributed by atoms with Crippen molar-refractivity contribution in [1.29, 1.82) is 0 Å². The lowest BCUT2D eigenvalue weighted by molar-refractivity contribution is 0.661. The van der Waals surface area contributed by atoms with Gasteiger partial charge in [-0.3, -0.25) is 0 Å². The molecule has 3 heterocycles. The van der Waals surface area contributed by atoms with E-state index in [1.165, 1.54) is 45.0 Å². The molecule has 8 rings (SSSR count). The molecular weight excluding hydrogens is 550 g/mol. The molecule has 0 aliphatic heterocycles. The van der Waals surface area contributed by atoms with Crippen molar-refractivity contribution in [2.24, 2.45) is 0 Å². The lowest BCUT2D eigenvalue weighted by Crippen LogP contribution is -2.14. The summed E-state index contributed by atoms with van der Waals surface area (Å²) in [6, 6.07) is 32.3. The van der Waals surface area contributed by atoms with Gasteiger partial charge in [0.1, 0.15) is 0 Å². The zero-order valence-electron chi connectivity index (χ0n) is 26.9. The van der Waals surface area contributed by atoms with Gasteiger partial charge in [-0.15, -0.1) is 0 Å². The molecule has 0 N–H and O–H groups in total. The molecule has 45 heavy (non-hydrogen) atoms. The minimum Gasteiger partial charge on any atom is -0.309 e. The van der Waals surface area contributed by atoms with Crippen molar-refractivity contribution in [2.45, 2.75) is 53.4 Å². The fourth-order valence-electron chi connectivity index (χ4n) is 6.34. The quantitative estimate of drug-likeness (QED) is 0.206. The highest BCUT2D eigenvalue weighted by atomic mass is 15.0. The van der Waals surface area contributed by atoms with E-state index in [2.05, 4.69) is 131 Å². The van der Waals surface area contributed by atoms with Crippen molar-refractivity contribution in [1.82, 2.24) is 24.5 Å². The minimum atomic E-state index is -0.0638. The second kappa shape index (κ2) is 12.4. The van der Waals surface area contributed by atoms with E-state index in [-0.39, 0.29) is 5.41 Å². The summed E-state index contributed by atoms with van der Waals surface area (Å²) in [5, 5.41) is 2.47. The van der Waals surface area contributed by atoms with Crippen LogP contribution in [0.5, 0.6) is 0 Å². The Morgan fingerprint density at radius 3 is 1.73 bits per heavy atom. The first-order chi connectivity index (χ1) is 22.0. The number of hydrogen-bond acceptors (Lipinski definition) is 4. The van der Waals surface area contributed by atoms with Crippen molar-refractivity contribution in [3.63, 3.8) is 0 Å². The second-order valence-corrected chi connectivity index (χ2v) is 11.6. The lowest BCUT2D eigenvalue weighted by atomic mass is 9.82. The summed E-state index contributed by atoms with van der Waals surface area (Å²) < 4.78 is 2.36. The van der Waals surface area contributed by atoms with Gasteiger partial charge in [-0.25, -0.2) is 19.9 Å². The Hall–Kier alpha value is -5.16. The number of para-hydroxylation sites is 1. The molecule has 5 nitrogen and oxygen atoms in total. The van der Waals surface area contributed by atoms with Crippen LogP contribution in [0.25, 0.3) is 61.4 Å². The van der Waals surface area contributed by atoms with Gasteiger partial charge in [-0.1, -0.05) is 90.4 Å². The third-order valence-corrected chi connectivity index (χ3v) is 8.20. The number of fused-ring (bicyclic) bond motifs is 6. The van der Waals surface area contributed by atoms with E-state index >= 15 is 0 Å². The summed E-state index contributed by atoms with van der Waals surface area (Å²) >= 11 is 0. The van der Waals surface area contributed by atoms with Crippen molar-refractivity contribution in [3.05, 3.63) is 127 Å². The molecular formula is C40H39N5. The molecule has 1 aliphatic carbocycles. The van der Waals surface area contributed by atoms with Crippen LogP contribution in [0, 0.1) is 0 Å². The number of rotatable bonds is 3. The number of hydrogen-bond donors (Lipinski definition) is 0. The average Bonchev–Trinajstić information content (AvgIpc) is 3.54. The largest absolute Gasteiger partial charge is 0.309 e. The molecule has 0 fully saturated rings. The molecule has 5 heteroatoms. The van der Waals surface area contributed by atoms with E-state index < -0.39 is 0 Å². The van der Waals surface area contributed by atoms with Gasteiger partial charge in [0.15, 0.2) is 11.6 Å². The van der Waals surface area contributed by atoms with E-state index in [1.54, 1.807) is 24.8 Å². The molecule has 7 aromatic rings. The van der Waals surface area contributed by atoms with Crippen LogP contribution in [0.15, 0.2) is 116 Å². The smallest absolute Gasteiger partial charge is 0.159 e.